The average Bonchev–Trinajstić information content (AvgIpc) is 2.71. The Morgan fingerprint density at radius 2 is 0.742 bits per heavy atom. The van der Waals surface area contributed by atoms with Gasteiger partial charge in [-0.25, -0.2) is 0 Å². The number of hydrogen-bond donors (Lipinski definition) is 6. The summed E-state index contributed by atoms with van der Waals surface area (Å²) in [5.74, 6) is -0.0360. The Hall–Kier alpha value is 1.77. The molecule has 0 amide bonds. The van der Waals surface area contributed by atoms with Crippen molar-refractivity contribution in [2.45, 2.75) is 141 Å². The molecule has 0 heterocycles. The van der Waals surface area contributed by atoms with Crippen LogP contribution in [-0.4, -0.2) is 18.0 Å². The van der Waals surface area contributed by atoms with E-state index in [1.165, 1.54) is 89.9 Å². The van der Waals surface area contributed by atoms with Crippen LogP contribution in [-0.2, 0) is 4.79 Å². The maximum Gasteiger partial charge on any atom is 0.160 e. The van der Waals surface area contributed by atoms with Crippen molar-refractivity contribution in [1.82, 2.24) is 0 Å². The number of thiol groups is 6. The van der Waals surface area contributed by atoms with Crippen LogP contribution in [0.4, 0.5) is 0 Å². The maximum atomic E-state index is 12.9. The molecule has 31 heavy (non-hydrogen) atoms. The van der Waals surface area contributed by atoms with Gasteiger partial charge in [0.1, 0.15) is 8.16 Å². The van der Waals surface area contributed by atoms with E-state index in [-0.39, 0.29) is 5.78 Å². The van der Waals surface area contributed by atoms with Crippen molar-refractivity contribution in [2.24, 2.45) is 0 Å². The van der Waals surface area contributed by atoms with Crippen molar-refractivity contribution in [3.8, 4) is 0 Å². The number of ketones is 1. The minimum absolute atomic E-state index is 0.0360. The van der Waals surface area contributed by atoms with E-state index in [4.69, 9.17) is 50.5 Å². The van der Waals surface area contributed by atoms with Crippen molar-refractivity contribution in [2.75, 3.05) is 0 Å². The van der Waals surface area contributed by atoms with E-state index in [2.05, 4.69) is 25.3 Å². The third-order valence-corrected chi connectivity index (χ3v) is 11.7. The highest BCUT2D eigenvalue weighted by Gasteiger charge is 2.56. The first-order chi connectivity index (χ1) is 14.6. The van der Waals surface area contributed by atoms with Crippen LogP contribution in [0.5, 0.6) is 0 Å². The Bertz CT molecular complexity index is 492. The molecular formula is C24H46OS6. The number of hydrogen-bond acceptors (Lipinski definition) is 7. The highest BCUT2D eigenvalue weighted by Crippen LogP contribution is 2.55. The van der Waals surface area contributed by atoms with Crippen LogP contribution >= 0.6 is 75.8 Å². The van der Waals surface area contributed by atoms with Gasteiger partial charge in [-0.3, -0.25) is 4.79 Å². The number of carbonyl (C=O) groups excluding carboxylic acids is 1. The molecule has 0 radical (unpaired) electrons. The fourth-order valence-corrected chi connectivity index (χ4v) is 6.39. The van der Waals surface area contributed by atoms with Gasteiger partial charge in [0.15, 0.2) is 5.78 Å². The van der Waals surface area contributed by atoms with Gasteiger partial charge in [0.25, 0.3) is 0 Å². The zero-order valence-electron chi connectivity index (χ0n) is 19.2. The van der Waals surface area contributed by atoms with E-state index in [1.807, 2.05) is 0 Å². The number of carbonyl (C=O) groups is 1. The lowest BCUT2D eigenvalue weighted by molar-refractivity contribution is -0.119. The predicted octanol–water partition coefficient (Wildman–Crippen LogP) is 9.04. The molecule has 0 aliphatic heterocycles. The van der Waals surface area contributed by atoms with Crippen molar-refractivity contribution in [3.05, 3.63) is 0 Å². The summed E-state index contributed by atoms with van der Waals surface area (Å²) < 4.78 is -3.30. The molecular weight excluding hydrogens is 497 g/mol. The highest BCUT2D eigenvalue weighted by atomic mass is 32.2. The Kier molecular flexibility index (Phi) is 16.3. The largest absolute Gasteiger partial charge is 0.297 e. The molecule has 184 valence electrons. The van der Waals surface area contributed by atoms with E-state index >= 15 is 0 Å². The summed E-state index contributed by atoms with van der Waals surface area (Å²) in [6.07, 6.45) is 24.0. The monoisotopic (exact) mass is 542 g/mol. The van der Waals surface area contributed by atoms with E-state index in [1.54, 1.807) is 0 Å². The Balaban J connectivity index is 2.59. The van der Waals surface area contributed by atoms with Gasteiger partial charge in [-0.1, -0.05) is 109 Å². The molecule has 0 spiro atoms. The summed E-state index contributed by atoms with van der Waals surface area (Å²) in [7, 11) is 0. The van der Waals surface area contributed by atoms with Crippen LogP contribution in [0.1, 0.15) is 128 Å². The zero-order valence-corrected chi connectivity index (χ0v) is 24.6. The van der Waals surface area contributed by atoms with Gasteiger partial charge in [-0.2, -0.15) is 75.8 Å². The van der Waals surface area contributed by atoms with Crippen LogP contribution in [0.2, 0.25) is 0 Å². The molecule has 1 aliphatic rings. The first kappa shape index (κ1) is 30.8. The summed E-state index contributed by atoms with van der Waals surface area (Å²) in [6.45, 7) is 0. The van der Waals surface area contributed by atoms with E-state index < -0.39 is 12.2 Å². The second kappa shape index (κ2) is 16.4. The second-order valence-corrected chi connectivity index (χ2v) is 14.7. The highest BCUT2D eigenvalue weighted by molar-refractivity contribution is 8.12. The Labute approximate surface area is 225 Å². The second-order valence-electron chi connectivity index (χ2n) is 9.45. The molecule has 1 aliphatic carbocycles. The van der Waals surface area contributed by atoms with E-state index in [9.17, 15) is 4.79 Å². The smallest absolute Gasteiger partial charge is 0.160 e. The Morgan fingerprint density at radius 3 is 1.10 bits per heavy atom. The van der Waals surface area contributed by atoms with Gasteiger partial charge in [0.05, 0.1) is 4.08 Å². The van der Waals surface area contributed by atoms with Crippen LogP contribution in [0.25, 0.3) is 0 Å². The van der Waals surface area contributed by atoms with Gasteiger partial charge in [0.2, 0.25) is 0 Å². The first-order valence-corrected chi connectivity index (χ1v) is 15.2. The fraction of sp³-hybridized carbons (Fsp3) is 0.958. The van der Waals surface area contributed by atoms with E-state index in [0.717, 1.165) is 25.7 Å². The van der Waals surface area contributed by atoms with Crippen LogP contribution < -0.4 is 0 Å². The molecule has 1 fully saturated rings. The molecule has 0 aromatic rings. The van der Waals surface area contributed by atoms with Gasteiger partial charge >= 0.3 is 0 Å². The SMILES string of the molecule is O=C1CCCCCCCCCCCCCCCCCCCCC(S)(S)C(S)(S)C1(S)S. The molecule has 1 rings (SSSR count). The number of rotatable bonds is 0. The lowest BCUT2D eigenvalue weighted by atomic mass is 9.99. The summed E-state index contributed by atoms with van der Waals surface area (Å²) in [4.78, 5) is 12.9. The number of Topliss-reactive ketones (excluding diaryl/α,β-unsaturated/α-hetero) is 1. The van der Waals surface area contributed by atoms with Gasteiger partial charge in [0, 0.05) is 6.42 Å². The normalized spacial score (nSPS) is 26.6. The summed E-state index contributed by atoms with van der Waals surface area (Å²) in [5, 5.41) is 0. The maximum absolute atomic E-state index is 12.9. The lowest BCUT2D eigenvalue weighted by Crippen LogP contribution is -2.54. The molecule has 1 saturated carbocycles. The molecule has 0 atom stereocenters. The third-order valence-electron chi connectivity index (χ3n) is 6.61. The molecule has 0 aromatic heterocycles. The fourth-order valence-electron chi connectivity index (χ4n) is 4.31. The quantitative estimate of drug-likeness (QED) is 0.133. The molecule has 7 heteroatoms. The minimum atomic E-state index is -1.30. The molecule has 1 nitrogen and oxygen atoms in total. The van der Waals surface area contributed by atoms with Gasteiger partial charge in [-0.05, 0) is 12.8 Å². The molecule has 0 bridgehead atoms. The summed E-state index contributed by atoms with van der Waals surface area (Å²) >= 11 is 28.2. The van der Waals surface area contributed by atoms with Crippen LogP contribution in [0, 0.1) is 0 Å². The van der Waals surface area contributed by atoms with Crippen molar-refractivity contribution < 1.29 is 4.79 Å². The molecule has 0 aromatic carbocycles. The predicted molar refractivity (Wildman–Crippen MR) is 159 cm³/mol. The standard InChI is InChI=1S/C24H46OS6/c25-21-19-17-15-13-11-9-7-5-3-1-2-4-6-8-10-12-14-16-18-20-22(26,27)24(30,31)23(21,28)29/h26-31H,1-20H2. The van der Waals surface area contributed by atoms with E-state index in [0.29, 0.717) is 12.8 Å². The van der Waals surface area contributed by atoms with Gasteiger partial charge < -0.3 is 0 Å². The minimum Gasteiger partial charge on any atom is -0.297 e. The van der Waals surface area contributed by atoms with Crippen LogP contribution in [0.3, 0.4) is 0 Å². The average molecular weight is 543 g/mol. The van der Waals surface area contributed by atoms with Crippen molar-refractivity contribution >= 4 is 81.6 Å². The summed E-state index contributed by atoms with van der Waals surface area (Å²) in [6, 6.07) is 0. The van der Waals surface area contributed by atoms with Crippen molar-refractivity contribution in [3.63, 3.8) is 0 Å². The zero-order chi connectivity index (χ0) is 23.2. The van der Waals surface area contributed by atoms with Crippen LogP contribution in [0.15, 0.2) is 0 Å². The first-order valence-electron chi connectivity index (χ1n) is 12.5. The van der Waals surface area contributed by atoms with Gasteiger partial charge in [-0.15, -0.1) is 0 Å². The topological polar surface area (TPSA) is 17.1 Å². The Morgan fingerprint density at radius 1 is 0.452 bits per heavy atom. The lowest BCUT2D eigenvalue weighted by Gasteiger charge is -2.46. The molecule has 0 unspecified atom stereocenters. The molecule has 0 N–H and O–H groups in total. The third kappa shape index (κ3) is 11.4. The molecule has 0 saturated heterocycles. The van der Waals surface area contributed by atoms with Crippen molar-refractivity contribution in [1.29, 1.82) is 0 Å². The summed E-state index contributed by atoms with van der Waals surface area (Å²) in [5.41, 5.74) is 0.